The van der Waals surface area contributed by atoms with Crippen LogP contribution in [0.5, 0.6) is 0 Å². The molecule has 6 N–H and O–H groups in total. The average Bonchev–Trinajstić information content (AvgIpc) is 0.719. The third-order valence-corrected chi connectivity index (χ3v) is 29.2. The molecule has 10 aliphatic rings. The fraction of sp³-hybridized carbons (Fsp3) is 0.857. The van der Waals surface area contributed by atoms with Gasteiger partial charge in [0.15, 0.2) is 0 Å². The van der Waals surface area contributed by atoms with Crippen LogP contribution >= 0.6 is 0 Å². The van der Waals surface area contributed by atoms with Crippen LogP contribution in [0.1, 0.15) is 237 Å². The summed E-state index contributed by atoms with van der Waals surface area (Å²) in [5.74, 6) is 1.57. The minimum atomic E-state index is -0.907. The highest BCUT2D eigenvalue weighted by atomic mass is 16.3. The summed E-state index contributed by atoms with van der Waals surface area (Å²) in [6, 6.07) is 0. The van der Waals surface area contributed by atoms with E-state index in [1.54, 1.807) is 0 Å². The molecule has 18 atom stereocenters. The van der Waals surface area contributed by atoms with E-state index < -0.39 is 23.0 Å². The van der Waals surface area contributed by atoms with Crippen molar-refractivity contribution >= 4 is 11.8 Å². The lowest BCUT2D eigenvalue weighted by Gasteiger charge is -2.71. The first-order valence-electron chi connectivity index (χ1n) is 33.7. The quantitative estimate of drug-likeness (QED) is 0.0929. The van der Waals surface area contributed by atoms with Gasteiger partial charge in [-0.15, -0.1) is 10.2 Å². The molecule has 84 heavy (non-hydrogen) atoms. The molecule has 0 aliphatic heterocycles. The van der Waals surface area contributed by atoms with Gasteiger partial charge in [0.2, 0.25) is 11.8 Å². The zero-order valence-corrected chi connectivity index (χ0v) is 54.3. The van der Waals surface area contributed by atoms with Crippen LogP contribution in [0.25, 0.3) is 0 Å². The predicted octanol–water partition coefficient (Wildman–Crippen LogP) is 11.8. The van der Waals surface area contributed by atoms with E-state index in [-0.39, 0.29) is 103 Å². The number of allylic oxidation sites excluding steroid dienone is 4. The number of nitrogens with one attached hydrogen (secondary N) is 2. The Hall–Kier alpha value is -3.46. The molecule has 12 rings (SSSR count). The molecule has 2 aromatic rings. The van der Waals surface area contributed by atoms with Gasteiger partial charge in [-0.05, 0) is 218 Å². The first-order chi connectivity index (χ1) is 39.2. The number of carbonyl (C=O) groups is 2. The van der Waals surface area contributed by atoms with E-state index in [1.807, 2.05) is 21.8 Å². The largest absolute Gasteiger partial charge is 0.393 e. The Morgan fingerprint density at radius 2 is 0.869 bits per heavy atom. The van der Waals surface area contributed by atoms with Crippen LogP contribution < -0.4 is 10.6 Å². The molecule has 2 amide bonds. The number of aliphatic hydroxyl groups is 4. The maximum Gasteiger partial charge on any atom is 0.229 e. The molecule has 0 aromatic carbocycles. The minimum Gasteiger partial charge on any atom is -0.393 e. The second kappa shape index (κ2) is 20.0. The molecule has 10 aliphatic carbocycles. The summed E-state index contributed by atoms with van der Waals surface area (Å²) in [7, 11) is 0. The highest BCUT2D eigenvalue weighted by Gasteiger charge is 2.73. The van der Waals surface area contributed by atoms with Crippen LogP contribution in [0.15, 0.2) is 35.7 Å². The van der Waals surface area contributed by atoms with Crippen molar-refractivity contribution in [1.82, 2.24) is 40.6 Å². The Bertz CT molecular complexity index is 2760. The summed E-state index contributed by atoms with van der Waals surface area (Å²) in [6.07, 6.45) is 24.6. The number of aryl methyl sites for hydroxylation is 2. The Labute approximate surface area is 503 Å². The van der Waals surface area contributed by atoms with E-state index in [9.17, 15) is 30.0 Å². The lowest BCUT2D eigenvalue weighted by molar-refractivity contribution is -0.215. The van der Waals surface area contributed by atoms with E-state index in [0.29, 0.717) is 73.8 Å². The lowest BCUT2D eigenvalue weighted by atomic mass is 9.33. The Morgan fingerprint density at radius 1 is 0.488 bits per heavy atom. The van der Waals surface area contributed by atoms with Crippen molar-refractivity contribution in [2.45, 2.75) is 276 Å². The Morgan fingerprint density at radius 3 is 1.25 bits per heavy atom. The van der Waals surface area contributed by atoms with Gasteiger partial charge in [-0.1, -0.05) is 131 Å². The summed E-state index contributed by atoms with van der Waals surface area (Å²) in [5.41, 5.74) is 1.92. The molecular formula is C70H110N8O6. The van der Waals surface area contributed by atoms with Gasteiger partial charge in [-0.2, -0.15) is 0 Å². The van der Waals surface area contributed by atoms with Gasteiger partial charge < -0.3 is 31.1 Å². The number of amides is 2. The number of aromatic nitrogens is 6. The third kappa shape index (κ3) is 8.66. The first kappa shape index (κ1) is 60.8. The highest BCUT2D eigenvalue weighted by molar-refractivity contribution is 5.85. The number of hydrogen-bond donors (Lipinski definition) is 6. The van der Waals surface area contributed by atoms with Gasteiger partial charge in [-0.3, -0.25) is 19.0 Å². The van der Waals surface area contributed by atoms with Crippen LogP contribution in [0.3, 0.4) is 0 Å². The van der Waals surface area contributed by atoms with Crippen molar-refractivity contribution < 1.29 is 30.0 Å². The standard InChI is InChI=1S/C70H110N8O6/c1-59(2)29-31-69(47(35-59)45-17-19-51-63(9)25-23-53(79)61(5,6)49(63)21-27-65(51,11)67(45,13)37-55(69)81)57(83)71-39-43-41-77(75-73-43)33-15-16-34-78-42-44(74-76-78)40-72-58(84)70-32-30-60(3,4)36-48(70)46-18-20-52-64(10)26-24-54(80)62(7,8)50(64)22-28-66(52,12)68(46,14)38-56(70)82/h17-18,41-42,47-56,79-82H,15-16,19-40H2,1-14H3,(H,71,83)(H,72,84)/t47?,48?,49?,50?,51?,52?,53-,54-,55+,56+,63-,64-,65+,66+,67+,68+,69+,70+/m0/s1. The zero-order valence-electron chi connectivity index (χ0n) is 54.3. The van der Waals surface area contributed by atoms with Crippen molar-refractivity contribution in [1.29, 1.82) is 0 Å². The number of aliphatic hydroxyl groups excluding tert-OH is 4. The van der Waals surface area contributed by atoms with Crippen molar-refractivity contribution in [2.24, 2.45) is 100 Å². The molecule has 0 radical (unpaired) electrons. The SMILES string of the molecule is CC1(C)CC[C@@]2(C(=O)NCc3cn(CCCCn4cc(CNC(=O)[C@]56CCC(C)(C)CC5C5=CCC7[C@@]8(C)CC[C@H](O)C(C)(C)C8CC[C@@]7(C)[C@]5(C)C[C@H]6O)nn4)nn3)C(C1)C1=CCC3[C@@]4(C)CC[C@H](O)C(C)(C)C4CC[C@@]3(C)[C@]1(C)C[C@H]2O. The second-order valence-electron chi connectivity index (χ2n) is 34.7. The molecule has 0 spiro atoms. The highest BCUT2D eigenvalue weighted by Crippen LogP contribution is 2.78. The van der Waals surface area contributed by atoms with Crippen LogP contribution in [0.4, 0.5) is 0 Å². The first-order valence-corrected chi connectivity index (χ1v) is 33.7. The van der Waals surface area contributed by atoms with Crippen LogP contribution in [-0.4, -0.2) is 86.6 Å². The molecule has 14 heteroatoms. The third-order valence-electron chi connectivity index (χ3n) is 29.2. The smallest absolute Gasteiger partial charge is 0.229 e. The minimum absolute atomic E-state index is 0.0276. The summed E-state index contributed by atoms with van der Waals surface area (Å²) in [5, 5.41) is 72.4. The molecule has 0 saturated heterocycles. The molecule has 2 heterocycles. The van der Waals surface area contributed by atoms with Crippen molar-refractivity contribution in [3.05, 3.63) is 47.1 Å². The molecule has 8 saturated carbocycles. The van der Waals surface area contributed by atoms with Gasteiger partial charge in [0.1, 0.15) is 11.4 Å². The maximum absolute atomic E-state index is 15.0. The maximum atomic E-state index is 15.0. The van der Waals surface area contributed by atoms with Gasteiger partial charge >= 0.3 is 0 Å². The fourth-order valence-electron chi connectivity index (χ4n) is 23.8. The van der Waals surface area contributed by atoms with Gasteiger partial charge in [-0.25, -0.2) is 0 Å². The van der Waals surface area contributed by atoms with Crippen molar-refractivity contribution in [3.63, 3.8) is 0 Å². The van der Waals surface area contributed by atoms with E-state index >= 15 is 0 Å². The lowest BCUT2D eigenvalue weighted by Crippen LogP contribution is -2.68. The van der Waals surface area contributed by atoms with Crippen LogP contribution in [0, 0.1) is 100 Å². The normalized spacial score (nSPS) is 45.7. The van der Waals surface area contributed by atoms with Crippen molar-refractivity contribution in [2.75, 3.05) is 0 Å². The average molecular weight is 1160 g/mol. The van der Waals surface area contributed by atoms with Gasteiger partial charge in [0, 0.05) is 13.1 Å². The Balaban J connectivity index is 0.659. The fourth-order valence-corrected chi connectivity index (χ4v) is 23.8. The number of unbranched alkanes of at least 4 members (excludes halogenated alkanes) is 1. The number of hydrogen-bond acceptors (Lipinski definition) is 10. The summed E-state index contributed by atoms with van der Waals surface area (Å²) < 4.78 is 3.69. The summed E-state index contributed by atoms with van der Waals surface area (Å²) in [4.78, 5) is 29.9. The zero-order chi connectivity index (χ0) is 60.4. The van der Waals surface area contributed by atoms with E-state index in [2.05, 4.69) is 140 Å². The molecule has 0 bridgehead atoms. The van der Waals surface area contributed by atoms with E-state index in [1.165, 1.54) is 11.1 Å². The molecule has 14 nitrogen and oxygen atoms in total. The summed E-state index contributed by atoms with van der Waals surface area (Å²) >= 11 is 0. The molecular weight excluding hydrogens is 1050 g/mol. The molecule has 466 valence electrons. The predicted molar refractivity (Wildman–Crippen MR) is 326 cm³/mol. The molecule has 6 unspecified atom stereocenters. The van der Waals surface area contributed by atoms with Crippen molar-refractivity contribution in [3.8, 4) is 0 Å². The van der Waals surface area contributed by atoms with E-state index in [0.717, 1.165) is 103 Å². The molecule has 8 fully saturated rings. The number of rotatable bonds is 11. The molecule has 2 aromatic heterocycles. The topological polar surface area (TPSA) is 201 Å². The van der Waals surface area contributed by atoms with Gasteiger partial charge in [0.05, 0.1) is 60.7 Å². The number of fused-ring (bicyclic) bond motifs is 14. The number of carbonyl (C=O) groups excluding carboxylic acids is 2. The van der Waals surface area contributed by atoms with E-state index in [4.69, 9.17) is 0 Å². The number of nitrogens with zero attached hydrogens (tertiary/aromatic N) is 6. The Kier molecular flexibility index (Phi) is 14.5. The van der Waals surface area contributed by atoms with Crippen LogP contribution in [0.2, 0.25) is 0 Å². The second-order valence-corrected chi connectivity index (χ2v) is 34.7. The van der Waals surface area contributed by atoms with Gasteiger partial charge in [0.25, 0.3) is 0 Å². The monoisotopic (exact) mass is 1160 g/mol. The summed E-state index contributed by atoms with van der Waals surface area (Å²) in [6.45, 7) is 35.3. The van der Waals surface area contributed by atoms with Crippen LogP contribution in [-0.2, 0) is 35.8 Å².